The molecule has 3 nitrogen and oxygen atoms in total. The summed E-state index contributed by atoms with van der Waals surface area (Å²) in [4.78, 5) is 0. The molecule has 0 aliphatic carbocycles. The van der Waals surface area contributed by atoms with E-state index < -0.39 is 0 Å². The Labute approximate surface area is 67.9 Å². The van der Waals surface area contributed by atoms with Crippen LogP contribution in [0.25, 0.3) is 0 Å². The summed E-state index contributed by atoms with van der Waals surface area (Å²) in [6.45, 7) is 5.39. The molecule has 1 aliphatic heterocycles. The lowest BCUT2D eigenvalue weighted by Gasteiger charge is -2.36. The number of hydroxylamine groups is 2. The van der Waals surface area contributed by atoms with Gasteiger partial charge in [0.15, 0.2) is 0 Å². The molecule has 0 aromatic rings. The summed E-state index contributed by atoms with van der Waals surface area (Å²) in [7, 11) is 0. The number of quaternary nitrogens is 1. The fourth-order valence-corrected chi connectivity index (χ4v) is 1.44. The van der Waals surface area contributed by atoms with E-state index in [1.54, 1.807) is 0 Å². The van der Waals surface area contributed by atoms with Gasteiger partial charge < -0.3 is 15.0 Å². The van der Waals surface area contributed by atoms with Crippen LogP contribution >= 0.6 is 0 Å². The first-order valence-electron chi connectivity index (χ1n) is 4.43. The van der Waals surface area contributed by atoms with Crippen molar-refractivity contribution in [3.8, 4) is 0 Å². The lowest BCUT2D eigenvalue weighted by Crippen LogP contribution is -3.11. The Kier molecular flexibility index (Phi) is 3.30. The molecule has 1 aliphatic rings. The maximum absolute atomic E-state index is 11.1. The van der Waals surface area contributed by atoms with Gasteiger partial charge in [-0.05, 0) is 12.8 Å². The van der Waals surface area contributed by atoms with Crippen molar-refractivity contribution in [2.75, 3.05) is 13.1 Å². The Hall–Kier alpha value is -0.120. The molecule has 0 aromatic carbocycles. The van der Waals surface area contributed by atoms with Gasteiger partial charge in [0.05, 0.1) is 0 Å². The minimum Gasteiger partial charge on any atom is -0.634 e. The lowest BCUT2D eigenvalue weighted by molar-refractivity contribution is -0.866. The number of rotatable bonds is 2. The van der Waals surface area contributed by atoms with Gasteiger partial charge in [-0.15, -0.1) is 0 Å². The van der Waals surface area contributed by atoms with Crippen LogP contribution in [0.1, 0.15) is 26.7 Å². The Balaban J connectivity index is 2.37. The van der Waals surface area contributed by atoms with Crippen LogP contribution in [0.4, 0.5) is 0 Å². The second kappa shape index (κ2) is 4.04. The molecule has 0 radical (unpaired) electrons. The summed E-state index contributed by atoms with van der Waals surface area (Å²) in [6, 6.07) is 0. The zero-order valence-electron chi connectivity index (χ0n) is 7.30. The maximum atomic E-state index is 11.1. The highest BCUT2D eigenvalue weighted by atomic mass is 16.5. The van der Waals surface area contributed by atoms with Crippen LogP contribution in [-0.4, -0.2) is 25.3 Å². The Morgan fingerprint density at radius 1 is 1.27 bits per heavy atom. The van der Waals surface area contributed by atoms with Crippen LogP contribution in [-0.2, 0) is 4.74 Å². The molecule has 1 N–H and O–H groups in total. The summed E-state index contributed by atoms with van der Waals surface area (Å²) < 4.78 is 5.63. The third kappa shape index (κ3) is 2.43. The third-order valence-corrected chi connectivity index (χ3v) is 2.21. The lowest BCUT2D eigenvalue weighted by atomic mass is 10.2. The van der Waals surface area contributed by atoms with Crippen molar-refractivity contribution < 1.29 is 9.80 Å². The van der Waals surface area contributed by atoms with Crippen molar-refractivity contribution in [1.82, 2.24) is 0 Å². The van der Waals surface area contributed by atoms with Gasteiger partial charge in [0.25, 0.3) is 0 Å². The normalized spacial score (nSPS) is 39.0. The van der Waals surface area contributed by atoms with Crippen LogP contribution in [0.2, 0.25) is 0 Å². The molecule has 1 rings (SSSR count). The Bertz CT molecular complexity index is 107. The van der Waals surface area contributed by atoms with Gasteiger partial charge in [-0.2, -0.15) is 0 Å². The van der Waals surface area contributed by atoms with Crippen LogP contribution in [0, 0.1) is 5.21 Å². The maximum Gasteiger partial charge on any atom is 0.107 e. The number of nitrogens with one attached hydrogen (secondary N) is 1. The van der Waals surface area contributed by atoms with E-state index in [0.717, 1.165) is 12.8 Å². The predicted molar refractivity (Wildman–Crippen MR) is 43.3 cm³/mol. The first-order valence-corrected chi connectivity index (χ1v) is 4.43. The quantitative estimate of drug-likeness (QED) is 0.574. The molecule has 0 bridgehead atoms. The summed E-state index contributed by atoms with van der Waals surface area (Å²) in [5.74, 6) is 0. The molecule has 66 valence electrons. The van der Waals surface area contributed by atoms with Crippen molar-refractivity contribution in [2.24, 2.45) is 0 Å². The molecule has 0 spiro atoms. The third-order valence-electron chi connectivity index (χ3n) is 2.21. The summed E-state index contributed by atoms with van der Waals surface area (Å²) >= 11 is 0. The Morgan fingerprint density at radius 2 is 1.73 bits per heavy atom. The average Bonchev–Trinajstić information content (AvgIpc) is 2.03. The van der Waals surface area contributed by atoms with Crippen LogP contribution < -0.4 is 5.06 Å². The summed E-state index contributed by atoms with van der Waals surface area (Å²) in [6.07, 6.45) is 2.31. The van der Waals surface area contributed by atoms with Crippen molar-refractivity contribution >= 4 is 0 Å². The molecule has 0 amide bonds. The van der Waals surface area contributed by atoms with E-state index in [0.29, 0.717) is 18.2 Å². The van der Waals surface area contributed by atoms with Crippen LogP contribution in [0.15, 0.2) is 0 Å². The van der Waals surface area contributed by atoms with Gasteiger partial charge in [-0.25, -0.2) is 0 Å². The fraction of sp³-hybridized carbons (Fsp3) is 1.00. The van der Waals surface area contributed by atoms with Crippen LogP contribution in [0.3, 0.4) is 0 Å². The monoisotopic (exact) mass is 159 g/mol. The van der Waals surface area contributed by atoms with Gasteiger partial charge in [0, 0.05) is 0 Å². The molecule has 2 unspecified atom stereocenters. The smallest absolute Gasteiger partial charge is 0.107 e. The topological polar surface area (TPSA) is 36.7 Å². The number of ether oxygens (including phenoxy) is 1. The first-order chi connectivity index (χ1) is 5.26. The van der Waals surface area contributed by atoms with E-state index >= 15 is 0 Å². The molecular weight excluding hydrogens is 142 g/mol. The average molecular weight is 159 g/mol. The SMILES string of the molecule is CCC1C[NH+]([O-])CC(CC)O1. The van der Waals surface area contributed by atoms with E-state index in [4.69, 9.17) is 4.74 Å². The first kappa shape index (κ1) is 8.97. The van der Waals surface area contributed by atoms with Gasteiger partial charge in [-0.3, -0.25) is 0 Å². The van der Waals surface area contributed by atoms with Gasteiger partial charge in [0.1, 0.15) is 25.3 Å². The van der Waals surface area contributed by atoms with E-state index in [9.17, 15) is 5.21 Å². The second-order valence-electron chi connectivity index (χ2n) is 3.14. The van der Waals surface area contributed by atoms with E-state index in [1.165, 1.54) is 0 Å². The van der Waals surface area contributed by atoms with Crippen molar-refractivity contribution in [3.05, 3.63) is 5.21 Å². The standard InChI is InChI=1S/C8H17NO2/c1-3-7-5-9(10)6-8(4-2)11-7/h7-9H,3-6H2,1-2H3. The minimum absolute atomic E-state index is 0.196. The van der Waals surface area contributed by atoms with E-state index in [2.05, 4.69) is 13.8 Å². The summed E-state index contributed by atoms with van der Waals surface area (Å²) in [5.41, 5.74) is 0. The molecule has 11 heavy (non-hydrogen) atoms. The molecule has 0 aromatic heterocycles. The number of morpholine rings is 1. The minimum atomic E-state index is 0.196. The number of hydrogen-bond donors (Lipinski definition) is 1. The molecule has 3 heteroatoms. The second-order valence-corrected chi connectivity index (χ2v) is 3.14. The molecule has 1 saturated heterocycles. The van der Waals surface area contributed by atoms with Crippen molar-refractivity contribution in [2.45, 2.75) is 38.9 Å². The number of hydrogen-bond acceptors (Lipinski definition) is 2. The van der Waals surface area contributed by atoms with Gasteiger partial charge in [0.2, 0.25) is 0 Å². The largest absolute Gasteiger partial charge is 0.634 e. The summed E-state index contributed by atoms with van der Waals surface area (Å²) in [5, 5.41) is 11.5. The zero-order valence-corrected chi connectivity index (χ0v) is 7.30. The molecular formula is C8H17NO2. The van der Waals surface area contributed by atoms with Crippen molar-refractivity contribution in [1.29, 1.82) is 0 Å². The highest BCUT2D eigenvalue weighted by Crippen LogP contribution is 2.06. The van der Waals surface area contributed by atoms with Crippen molar-refractivity contribution in [3.63, 3.8) is 0 Å². The zero-order chi connectivity index (χ0) is 8.27. The van der Waals surface area contributed by atoms with E-state index in [-0.39, 0.29) is 12.2 Å². The van der Waals surface area contributed by atoms with Crippen LogP contribution in [0.5, 0.6) is 0 Å². The highest BCUT2D eigenvalue weighted by Gasteiger charge is 2.24. The van der Waals surface area contributed by atoms with Gasteiger partial charge in [-0.1, -0.05) is 13.8 Å². The fourth-order valence-electron chi connectivity index (χ4n) is 1.44. The van der Waals surface area contributed by atoms with E-state index in [1.807, 2.05) is 0 Å². The molecule has 2 atom stereocenters. The predicted octanol–water partition coefficient (Wildman–Crippen LogP) is -0.0435. The molecule has 0 saturated carbocycles. The molecule has 1 fully saturated rings. The Morgan fingerprint density at radius 3 is 2.09 bits per heavy atom. The van der Waals surface area contributed by atoms with Gasteiger partial charge >= 0.3 is 0 Å². The highest BCUT2D eigenvalue weighted by molar-refractivity contribution is 4.64. The molecule has 1 heterocycles.